The number of nitrogens with zero attached hydrogens (tertiary/aromatic N) is 3. The van der Waals surface area contributed by atoms with Crippen LogP contribution in [0.5, 0.6) is 0 Å². The molecular formula is C12H12N4O. The lowest BCUT2D eigenvalue weighted by atomic mass is 10.3. The van der Waals surface area contributed by atoms with Gasteiger partial charge in [0, 0.05) is 25.1 Å². The van der Waals surface area contributed by atoms with Crippen LogP contribution in [0.15, 0.2) is 43.4 Å². The summed E-state index contributed by atoms with van der Waals surface area (Å²) in [5.74, 6) is -0.189. The van der Waals surface area contributed by atoms with E-state index in [1.165, 1.54) is 10.9 Å². The monoisotopic (exact) mass is 228 g/mol. The summed E-state index contributed by atoms with van der Waals surface area (Å²) in [7, 11) is 0. The van der Waals surface area contributed by atoms with E-state index in [1.807, 2.05) is 12.1 Å². The summed E-state index contributed by atoms with van der Waals surface area (Å²) < 4.78 is 1.43. The van der Waals surface area contributed by atoms with Gasteiger partial charge in [0.15, 0.2) is 0 Å². The highest BCUT2D eigenvalue weighted by Crippen LogP contribution is 2.00. The van der Waals surface area contributed by atoms with Crippen molar-refractivity contribution in [3.8, 4) is 0 Å². The van der Waals surface area contributed by atoms with Crippen LogP contribution in [0.2, 0.25) is 0 Å². The van der Waals surface area contributed by atoms with Gasteiger partial charge in [-0.25, -0.2) is 4.68 Å². The van der Waals surface area contributed by atoms with E-state index >= 15 is 0 Å². The summed E-state index contributed by atoms with van der Waals surface area (Å²) in [6.07, 6.45) is 6.45. The Morgan fingerprint density at radius 3 is 3.06 bits per heavy atom. The maximum atomic E-state index is 11.8. The number of hydrogen-bond acceptors (Lipinski definition) is 3. The number of aromatic nitrogens is 3. The van der Waals surface area contributed by atoms with E-state index in [1.54, 1.807) is 24.7 Å². The summed E-state index contributed by atoms with van der Waals surface area (Å²) in [5.41, 5.74) is 1.41. The first-order valence-corrected chi connectivity index (χ1v) is 5.14. The molecule has 0 bridgehead atoms. The third-order valence-electron chi connectivity index (χ3n) is 2.25. The lowest BCUT2D eigenvalue weighted by molar-refractivity contribution is 0.0943. The molecule has 1 amide bonds. The summed E-state index contributed by atoms with van der Waals surface area (Å²) >= 11 is 0. The fourth-order valence-electron chi connectivity index (χ4n) is 1.42. The van der Waals surface area contributed by atoms with Crippen molar-refractivity contribution in [2.24, 2.45) is 0 Å². The number of nitrogens with one attached hydrogen (secondary N) is 1. The first-order chi connectivity index (χ1) is 8.31. The van der Waals surface area contributed by atoms with Gasteiger partial charge < -0.3 is 5.32 Å². The van der Waals surface area contributed by atoms with Crippen LogP contribution < -0.4 is 5.32 Å². The van der Waals surface area contributed by atoms with Gasteiger partial charge in [-0.3, -0.25) is 9.78 Å². The van der Waals surface area contributed by atoms with Crippen molar-refractivity contribution in [3.05, 3.63) is 54.6 Å². The molecule has 0 aliphatic carbocycles. The standard InChI is InChI=1S/C12H12N4O/c1-2-16-11(5-7-15-16)12(17)14-9-10-4-3-6-13-8-10/h2-8H,1,9H2,(H,14,17). The summed E-state index contributed by atoms with van der Waals surface area (Å²) in [5, 5.41) is 6.72. The first kappa shape index (κ1) is 11.1. The molecule has 5 heteroatoms. The smallest absolute Gasteiger partial charge is 0.270 e. The quantitative estimate of drug-likeness (QED) is 0.858. The lowest BCUT2D eigenvalue weighted by Gasteiger charge is -2.05. The van der Waals surface area contributed by atoms with Gasteiger partial charge in [0.25, 0.3) is 5.91 Å². The molecule has 0 aliphatic heterocycles. The third-order valence-corrected chi connectivity index (χ3v) is 2.25. The highest BCUT2D eigenvalue weighted by atomic mass is 16.2. The van der Waals surface area contributed by atoms with E-state index in [4.69, 9.17) is 0 Å². The molecule has 0 unspecified atom stereocenters. The van der Waals surface area contributed by atoms with Crippen molar-refractivity contribution >= 4 is 12.1 Å². The second-order valence-corrected chi connectivity index (χ2v) is 3.39. The molecule has 5 nitrogen and oxygen atoms in total. The molecule has 2 aromatic rings. The van der Waals surface area contributed by atoms with Gasteiger partial charge >= 0.3 is 0 Å². The van der Waals surface area contributed by atoms with Crippen LogP contribution in [-0.2, 0) is 6.54 Å². The van der Waals surface area contributed by atoms with Crippen molar-refractivity contribution in [3.63, 3.8) is 0 Å². The maximum Gasteiger partial charge on any atom is 0.270 e. The molecule has 0 saturated heterocycles. The largest absolute Gasteiger partial charge is 0.347 e. The Labute approximate surface area is 98.8 Å². The van der Waals surface area contributed by atoms with Crippen LogP contribution in [0.1, 0.15) is 16.1 Å². The van der Waals surface area contributed by atoms with Crippen molar-refractivity contribution in [1.29, 1.82) is 0 Å². The van der Waals surface area contributed by atoms with Gasteiger partial charge in [0.1, 0.15) is 5.69 Å². The maximum absolute atomic E-state index is 11.8. The molecule has 0 aromatic carbocycles. The van der Waals surface area contributed by atoms with Gasteiger partial charge in [0.2, 0.25) is 0 Å². The van der Waals surface area contributed by atoms with Crippen molar-refractivity contribution in [1.82, 2.24) is 20.1 Å². The first-order valence-electron chi connectivity index (χ1n) is 5.14. The van der Waals surface area contributed by atoms with Crippen LogP contribution >= 0.6 is 0 Å². The fourth-order valence-corrected chi connectivity index (χ4v) is 1.42. The fraction of sp³-hybridized carbons (Fsp3) is 0.0833. The number of carbonyl (C=O) groups excluding carboxylic acids is 1. The second kappa shape index (κ2) is 5.07. The van der Waals surface area contributed by atoms with Gasteiger partial charge in [0.05, 0.1) is 6.20 Å². The Hall–Kier alpha value is -2.43. The molecule has 2 aromatic heterocycles. The van der Waals surface area contributed by atoms with E-state index < -0.39 is 0 Å². The Kier molecular flexibility index (Phi) is 3.30. The highest BCUT2D eigenvalue weighted by molar-refractivity contribution is 5.93. The predicted octanol–water partition coefficient (Wildman–Crippen LogP) is 1.31. The van der Waals surface area contributed by atoms with E-state index in [2.05, 4.69) is 22.0 Å². The Balaban J connectivity index is 2.01. The van der Waals surface area contributed by atoms with Crippen molar-refractivity contribution in [2.75, 3.05) is 0 Å². The minimum absolute atomic E-state index is 0.189. The minimum atomic E-state index is -0.189. The number of amides is 1. The number of pyridine rings is 1. The molecule has 0 aliphatic rings. The van der Waals surface area contributed by atoms with Gasteiger partial charge in [-0.15, -0.1) is 0 Å². The third kappa shape index (κ3) is 2.57. The highest BCUT2D eigenvalue weighted by Gasteiger charge is 2.09. The zero-order chi connectivity index (χ0) is 12.1. The molecule has 0 spiro atoms. The molecule has 0 saturated carbocycles. The van der Waals surface area contributed by atoms with Crippen LogP contribution in [0.25, 0.3) is 6.20 Å². The number of hydrogen-bond donors (Lipinski definition) is 1. The summed E-state index contributed by atoms with van der Waals surface area (Å²) in [6, 6.07) is 5.37. The predicted molar refractivity (Wildman–Crippen MR) is 64.0 cm³/mol. The number of rotatable bonds is 4. The molecule has 1 N–H and O–H groups in total. The average molecular weight is 228 g/mol. The van der Waals surface area contributed by atoms with E-state index in [-0.39, 0.29) is 5.91 Å². The molecule has 0 radical (unpaired) electrons. The van der Waals surface area contributed by atoms with Crippen LogP contribution in [0, 0.1) is 0 Å². The molecule has 2 rings (SSSR count). The Bertz CT molecular complexity index is 518. The molecule has 0 fully saturated rings. The molecule has 86 valence electrons. The molecule has 0 atom stereocenters. The van der Waals surface area contributed by atoms with E-state index in [0.717, 1.165) is 5.56 Å². The van der Waals surface area contributed by atoms with Gasteiger partial charge in [-0.05, 0) is 17.7 Å². The topological polar surface area (TPSA) is 59.8 Å². The zero-order valence-corrected chi connectivity index (χ0v) is 9.21. The van der Waals surface area contributed by atoms with Gasteiger partial charge in [-0.1, -0.05) is 12.6 Å². The molecule has 17 heavy (non-hydrogen) atoms. The van der Waals surface area contributed by atoms with E-state index in [9.17, 15) is 4.79 Å². The Morgan fingerprint density at radius 1 is 1.47 bits per heavy atom. The van der Waals surface area contributed by atoms with Crippen LogP contribution in [0.4, 0.5) is 0 Å². The Morgan fingerprint density at radius 2 is 2.35 bits per heavy atom. The van der Waals surface area contributed by atoms with Crippen LogP contribution in [0.3, 0.4) is 0 Å². The SMILES string of the molecule is C=Cn1nccc1C(=O)NCc1cccnc1. The molecule has 2 heterocycles. The zero-order valence-electron chi connectivity index (χ0n) is 9.21. The lowest BCUT2D eigenvalue weighted by Crippen LogP contribution is -2.24. The van der Waals surface area contributed by atoms with Crippen LogP contribution in [-0.4, -0.2) is 20.7 Å². The van der Waals surface area contributed by atoms with Crippen molar-refractivity contribution < 1.29 is 4.79 Å². The van der Waals surface area contributed by atoms with Crippen molar-refractivity contribution in [2.45, 2.75) is 6.54 Å². The second-order valence-electron chi connectivity index (χ2n) is 3.39. The summed E-state index contributed by atoms with van der Waals surface area (Å²) in [6.45, 7) is 4.01. The molecular weight excluding hydrogens is 216 g/mol. The normalized spacial score (nSPS) is 9.88. The number of carbonyl (C=O) groups is 1. The summed E-state index contributed by atoms with van der Waals surface area (Å²) in [4.78, 5) is 15.8. The van der Waals surface area contributed by atoms with E-state index in [0.29, 0.717) is 12.2 Å². The average Bonchev–Trinajstić information content (AvgIpc) is 2.85. The minimum Gasteiger partial charge on any atom is -0.347 e. The van der Waals surface area contributed by atoms with Gasteiger partial charge in [-0.2, -0.15) is 5.10 Å².